The van der Waals surface area contributed by atoms with Crippen LogP contribution in [-0.2, 0) is 18.3 Å². The van der Waals surface area contributed by atoms with Gasteiger partial charge in [-0.25, -0.2) is 4.99 Å². The summed E-state index contributed by atoms with van der Waals surface area (Å²) in [6.45, 7) is 11.4. The van der Waals surface area contributed by atoms with E-state index in [0.29, 0.717) is 25.6 Å². The molecule has 7 nitrogen and oxygen atoms in total. The lowest BCUT2D eigenvalue weighted by Crippen LogP contribution is -2.45. The van der Waals surface area contributed by atoms with Gasteiger partial charge in [0.15, 0.2) is 11.8 Å². The molecule has 7 heteroatoms. The van der Waals surface area contributed by atoms with Gasteiger partial charge in [0.05, 0.1) is 5.60 Å². The fourth-order valence-electron chi connectivity index (χ4n) is 1.45. The molecule has 0 unspecified atom stereocenters. The van der Waals surface area contributed by atoms with Gasteiger partial charge in [-0.2, -0.15) is 0 Å². The van der Waals surface area contributed by atoms with Crippen LogP contribution in [0, 0.1) is 6.92 Å². The van der Waals surface area contributed by atoms with Gasteiger partial charge < -0.3 is 19.9 Å². The van der Waals surface area contributed by atoms with Crippen LogP contribution < -0.4 is 10.6 Å². The minimum absolute atomic E-state index is 0.266. The number of aliphatic imine (C=N–C) groups is 1. The molecule has 1 aromatic heterocycles. The van der Waals surface area contributed by atoms with Gasteiger partial charge in [-0.3, -0.25) is 0 Å². The maximum Gasteiger partial charge on any atom is 0.192 e. The van der Waals surface area contributed by atoms with E-state index >= 15 is 0 Å². The quantitative estimate of drug-likeness (QED) is 0.441. The summed E-state index contributed by atoms with van der Waals surface area (Å²) >= 11 is 0. The predicted molar refractivity (Wildman–Crippen MR) is 84.2 cm³/mol. The van der Waals surface area contributed by atoms with Crippen molar-refractivity contribution >= 4 is 5.96 Å². The summed E-state index contributed by atoms with van der Waals surface area (Å²) in [6.07, 6.45) is 1.78. The third-order valence-corrected chi connectivity index (χ3v) is 3.21. The Bertz CT molecular complexity index is 492. The molecule has 0 saturated carbocycles. The zero-order chi connectivity index (χ0) is 15.9. The second-order valence-electron chi connectivity index (χ2n) is 5.37. The summed E-state index contributed by atoms with van der Waals surface area (Å²) in [4.78, 5) is 4.51. The Kier molecular flexibility index (Phi) is 6.36. The van der Waals surface area contributed by atoms with Crippen LogP contribution in [0.4, 0.5) is 0 Å². The molecular formula is C14H26N6O. The number of nitrogens with one attached hydrogen (secondary N) is 2. The average Bonchev–Trinajstić information content (AvgIpc) is 2.78. The van der Waals surface area contributed by atoms with Crippen molar-refractivity contribution < 1.29 is 4.74 Å². The number of rotatable bonds is 7. The summed E-state index contributed by atoms with van der Waals surface area (Å²) in [7, 11) is 3.62. The minimum atomic E-state index is -0.266. The first-order valence-corrected chi connectivity index (χ1v) is 6.92. The highest BCUT2D eigenvalue weighted by Gasteiger charge is 2.16. The van der Waals surface area contributed by atoms with Crippen molar-refractivity contribution in [1.29, 1.82) is 0 Å². The molecule has 2 N–H and O–H groups in total. The predicted octanol–water partition coefficient (Wildman–Crippen LogP) is 0.770. The number of ether oxygens (including phenoxy) is 1. The third kappa shape index (κ3) is 5.55. The number of aryl methyl sites for hydroxylation is 1. The molecule has 0 aromatic carbocycles. The van der Waals surface area contributed by atoms with Crippen LogP contribution in [0.2, 0.25) is 0 Å². The summed E-state index contributed by atoms with van der Waals surface area (Å²) in [5.41, 5.74) is -0.266. The van der Waals surface area contributed by atoms with E-state index in [-0.39, 0.29) is 5.60 Å². The monoisotopic (exact) mass is 294 g/mol. The van der Waals surface area contributed by atoms with E-state index in [1.54, 1.807) is 13.2 Å². The van der Waals surface area contributed by atoms with Crippen LogP contribution in [0.1, 0.15) is 25.5 Å². The smallest absolute Gasteiger partial charge is 0.192 e. The molecule has 118 valence electrons. The molecule has 1 aromatic rings. The highest BCUT2D eigenvalue weighted by molar-refractivity contribution is 5.79. The second-order valence-corrected chi connectivity index (χ2v) is 5.37. The Morgan fingerprint density at radius 2 is 2.14 bits per heavy atom. The molecule has 0 atom stereocenters. The van der Waals surface area contributed by atoms with Crippen LogP contribution in [0.25, 0.3) is 0 Å². The summed E-state index contributed by atoms with van der Waals surface area (Å²) in [6, 6.07) is 0. The number of hydrogen-bond acceptors (Lipinski definition) is 4. The molecule has 1 rings (SSSR count). The van der Waals surface area contributed by atoms with Crippen molar-refractivity contribution in [3.8, 4) is 0 Å². The molecule has 0 radical (unpaired) electrons. The molecule has 0 aliphatic heterocycles. The first kappa shape index (κ1) is 17.2. The van der Waals surface area contributed by atoms with E-state index in [1.807, 2.05) is 32.4 Å². The Morgan fingerprint density at radius 3 is 2.67 bits per heavy atom. The van der Waals surface area contributed by atoms with Crippen LogP contribution in [-0.4, -0.2) is 46.5 Å². The molecule has 0 bridgehead atoms. The molecule has 0 aliphatic carbocycles. The SMILES string of the molecule is C=CCNC(=NCc1nnc(C)n1C)NCC(C)(C)OC. The average molecular weight is 294 g/mol. The van der Waals surface area contributed by atoms with E-state index in [4.69, 9.17) is 4.74 Å². The van der Waals surface area contributed by atoms with Crippen molar-refractivity contribution in [2.75, 3.05) is 20.2 Å². The van der Waals surface area contributed by atoms with Gasteiger partial charge in [-0.15, -0.1) is 16.8 Å². The number of guanidine groups is 1. The lowest BCUT2D eigenvalue weighted by Gasteiger charge is -2.24. The number of methoxy groups -OCH3 is 1. The largest absolute Gasteiger partial charge is 0.377 e. The van der Waals surface area contributed by atoms with E-state index in [2.05, 4.69) is 32.4 Å². The number of hydrogen-bond donors (Lipinski definition) is 2. The highest BCUT2D eigenvalue weighted by atomic mass is 16.5. The van der Waals surface area contributed by atoms with E-state index < -0.39 is 0 Å². The van der Waals surface area contributed by atoms with Crippen molar-refractivity contribution in [2.45, 2.75) is 32.9 Å². The number of aromatic nitrogens is 3. The topological polar surface area (TPSA) is 76.4 Å². The van der Waals surface area contributed by atoms with E-state index in [9.17, 15) is 0 Å². The fraction of sp³-hybridized carbons (Fsp3) is 0.643. The van der Waals surface area contributed by atoms with Crippen molar-refractivity contribution in [1.82, 2.24) is 25.4 Å². The van der Waals surface area contributed by atoms with E-state index in [0.717, 1.165) is 11.6 Å². The van der Waals surface area contributed by atoms with Crippen molar-refractivity contribution in [2.24, 2.45) is 12.0 Å². The molecule has 0 fully saturated rings. The Morgan fingerprint density at radius 1 is 1.43 bits per heavy atom. The first-order chi connectivity index (χ1) is 9.89. The van der Waals surface area contributed by atoms with Gasteiger partial charge in [-0.1, -0.05) is 6.08 Å². The Labute approximate surface area is 126 Å². The van der Waals surface area contributed by atoms with Gasteiger partial charge in [0.2, 0.25) is 0 Å². The second kappa shape index (κ2) is 7.78. The molecule has 1 heterocycles. The summed E-state index contributed by atoms with van der Waals surface area (Å²) in [5, 5.41) is 14.5. The summed E-state index contributed by atoms with van der Waals surface area (Å²) in [5.74, 6) is 2.38. The zero-order valence-corrected chi connectivity index (χ0v) is 13.6. The standard InChI is InChI=1S/C14H26N6O/c1-7-8-15-13(17-10-14(3,4)21-6)16-9-12-19-18-11(2)20(12)5/h7H,1,8-10H2,2-6H3,(H2,15,16,17). The zero-order valence-electron chi connectivity index (χ0n) is 13.6. The molecule has 0 spiro atoms. The normalized spacial score (nSPS) is 12.3. The van der Waals surface area contributed by atoms with Gasteiger partial charge in [0.1, 0.15) is 12.4 Å². The molecule has 0 aliphatic rings. The van der Waals surface area contributed by atoms with Crippen molar-refractivity contribution in [3.05, 3.63) is 24.3 Å². The lowest BCUT2D eigenvalue weighted by atomic mass is 10.1. The maximum absolute atomic E-state index is 5.39. The fourth-order valence-corrected chi connectivity index (χ4v) is 1.45. The Hall–Kier alpha value is -1.89. The summed E-state index contributed by atoms with van der Waals surface area (Å²) < 4.78 is 7.31. The van der Waals surface area contributed by atoms with Crippen LogP contribution >= 0.6 is 0 Å². The third-order valence-electron chi connectivity index (χ3n) is 3.21. The van der Waals surface area contributed by atoms with Crippen LogP contribution in [0.15, 0.2) is 17.6 Å². The van der Waals surface area contributed by atoms with Gasteiger partial charge in [-0.05, 0) is 20.8 Å². The first-order valence-electron chi connectivity index (χ1n) is 6.92. The Balaban J connectivity index is 2.69. The number of nitrogens with zero attached hydrogens (tertiary/aromatic N) is 4. The van der Waals surface area contributed by atoms with Gasteiger partial charge in [0.25, 0.3) is 0 Å². The minimum Gasteiger partial charge on any atom is -0.377 e. The maximum atomic E-state index is 5.39. The van der Waals surface area contributed by atoms with Crippen LogP contribution in [0.5, 0.6) is 0 Å². The van der Waals surface area contributed by atoms with Crippen molar-refractivity contribution in [3.63, 3.8) is 0 Å². The van der Waals surface area contributed by atoms with Gasteiger partial charge >= 0.3 is 0 Å². The lowest BCUT2D eigenvalue weighted by molar-refractivity contribution is 0.0268. The van der Waals surface area contributed by atoms with Gasteiger partial charge in [0, 0.05) is 27.2 Å². The highest BCUT2D eigenvalue weighted by Crippen LogP contribution is 2.04. The molecule has 0 amide bonds. The molecule has 21 heavy (non-hydrogen) atoms. The van der Waals surface area contributed by atoms with Crippen LogP contribution in [0.3, 0.4) is 0 Å². The molecular weight excluding hydrogens is 268 g/mol. The van der Waals surface area contributed by atoms with E-state index in [1.165, 1.54) is 0 Å². The molecule has 0 saturated heterocycles.